The van der Waals surface area contributed by atoms with Crippen LogP contribution in [0.1, 0.15) is 0 Å². The van der Waals surface area contributed by atoms with Crippen LogP contribution in [0.3, 0.4) is 0 Å². The van der Waals surface area contributed by atoms with Crippen LogP contribution in [-0.4, -0.2) is 51.8 Å². The van der Waals surface area contributed by atoms with Gasteiger partial charge in [-0.05, 0) is 0 Å². The van der Waals surface area contributed by atoms with Gasteiger partial charge in [-0.25, -0.2) is 4.79 Å². The molecule has 108 valence electrons. The second-order valence-corrected chi connectivity index (χ2v) is 3.39. The van der Waals surface area contributed by atoms with E-state index < -0.39 is 30.1 Å². The Morgan fingerprint density at radius 1 is 0.889 bits per heavy atom. The van der Waals surface area contributed by atoms with Crippen LogP contribution >= 0.6 is 25.3 Å². The monoisotopic (exact) mass is 302 g/mol. The van der Waals surface area contributed by atoms with Crippen molar-refractivity contribution in [2.75, 3.05) is 11.5 Å². The smallest absolute Gasteiger partial charge is 0.321 e. The minimum atomic E-state index is -1.00. The third kappa shape index (κ3) is 24.2. The Labute approximate surface area is 115 Å². The number of amides is 2. The molecule has 0 aromatic rings. The predicted octanol–water partition coefficient (Wildman–Crippen LogP) is -2.32. The Morgan fingerprint density at radius 3 is 1.06 bits per heavy atom. The molecule has 2 unspecified atom stereocenters. The number of hydrogen-bond acceptors (Lipinski definition) is 7. The first-order valence-corrected chi connectivity index (χ1v) is 5.59. The summed E-state index contributed by atoms with van der Waals surface area (Å²) in [4.78, 5) is 28.5. The largest absolute Gasteiger partial charge is 0.480 e. The Morgan fingerprint density at radius 2 is 1.06 bits per heavy atom. The molecule has 11 heteroatoms. The van der Waals surface area contributed by atoms with Gasteiger partial charge in [0.2, 0.25) is 0 Å². The quantitative estimate of drug-likeness (QED) is 0.267. The van der Waals surface area contributed by atoms with Crippen LogP contribution in [-0.2, 0) is 9.59 Å². The van der Waals surface area contributed by atoms with Crippen LogP contribution in [0.5, 0.6) is 0 Å². The van der Waals surface area contributed by atoms with E-state index in [0.29, 0.717) is 0 Å². The zero-order valence-corrected chi connectivity index (χ0v) is 11.2. The average molecular weight is 302 g/mol. The minimum Gasteiger partial charge on any atom is -0.480 e. The van der Waals surface area contributed by atoms with Crippen LogP contribution in [0.25, 0.3) is 0 Å². The first-order chi connectivity index (χ1) is 8.09. The molecule has 0 rings (SSSR count). The molecule has 0 aliphatic rings. The molecule has 0 aromatic carbocycles. The highest BCUT2D eigenvalue weighted by molar-refractivity contribution is 7.80. The van der Waals surface area contributed by atoms with E-state index in [9.17, 15) is 9.59 Å². The molecule has 0 saturated heterocycles. The normalized spacial score (nSPS) is 11.8. The molecule has 0 aliphatic carbocycles. The molecule has 0 aromatic heterocycles. The van der Waals surface area contributed by atoms with E-state index >= 15 is 0 Å². The number of carbonyl (C=O) groups excluding carboxylic acids is 1. The van der Waals surface area contributed by atoms with Gasteiger partial charge < -0.3 is 33.1 Å². The van der Waals surface area contributed by atoms with Gasteiger partial charge in [0.1, 0.15) is 12.1 Å². The van der Waals surface area contributed by atoms with Crippen molar-refractivity contribution < 1.29 is 24.6 Å². The lowest BCUT2D eigenvalue weighted by Crippen LogP contribution is -2.31. The van der Waals surface area contributed by atoms with E-state index in [2.05, 4.69) is 36.7 Å². The highest BCUT2D eigenvalue weighted by Crippen LogP contribution is 1.80. The molecule has 10 N–H and O–H groups in total. The number of aliphatic carboxylic acids is 2. The second kappa shape index (κ2) is 13.9. The van der Waals surface area contributed by atoms with Gasteiger partial charge in [0.05, 0.1) is 0 Å². The fraction of sp³-hybridized carbons (Fsp3) is 0.571. The van der Waals surface area contributed by atoms with Gasteiger partial charge in [0.25, 0.3) is 0 Å². The van der Waals surface area contributed by atoms with E-state index in [-0.39, 0.29) is 11.5 Å². The zero-order chi connectivity index (χ0) is 15.3. The maximum Gasteiger partial charge on any atom is 0.321 e. The molecule has 0 aliphatic heterocycles. The van der Waals surface area contributed by atoms with E-state index in [1.807, 2.05) is 0 Å². The van der Waals surface area contributed by atoms with Crippen LogP contribution in [0.2, 0.25) is 0 Å². The third-order valence-electron chi connectivity index (χ3n) is 1.03. The van der Waals surface area contributed by atoms with E-state index in [4.69, 9.17) is 26.5 Å². The van der Waals surface area contributed by atoms with Gasteiger partial charge in [-0.15, -0.1) is 0 Å². The summed E-state index contributed by atoms with van der Waals surface area (Å²) in [5.74, 6) is -1.63. The van der Waals surface area contributed by atoms with E-state index in [0.717, 1.165) is 0 Å². The highest BCUT2D eigenvalue weighted by Gasteiger charge is 2.06. The summed E-state index contributed by atoms with van der Waals surface area (Å²) in [6, 6.07) is -2.47. The number of thiol groups is 2. The second-order valence-electron chi connectivity index (χ2n) is 2.66. The molecule has 2 amide bonds. The predicted molar refractivity (Wildman–Crippen MR) is 72.7 cm³/mol. The van der Waals surface area contributed by atoms with Crippen molar-refractivity contribution in [2.45, 2.75) is 12.1 Å². The van der Waals surface area contributed by atoms with Crippen molar-refractivity contribution in [3.05, 3.63) is 0 Å². The van der Waals surface area contributed by atoms with Crippen LogP contribution in [0.4, 0.5) is 4.79 Å². The van der Waals surface area contributed by atoms with Crippen molar-refractivity contribution >= 4 is 43.2 Å². The number of hydrogen-bond donors (Lipinski definition) is 8. The van der Waals surface area contributed by atoms with Gasteiger partial charge in [-0.2, -0.15) is 25.3 Å². The Hall–Kier alpha value is -1.17. The third-order valence-corrected chi connectivity index (χ3v) is 1.81. The van der Waals surface area contributed by atoms with Crippen molar-refractivity contribution in [1.29, 1.82) is 0 Å². The Bertz CT molecular complexity index is 242. The van der Waals surface area contributed by atoms with Gasteiger partial charge in [-0.3, -0.25) is 9.59 Å². The molecule has 0 bridgehead atoms. The zero-order valence-electron chi connectivity index (χ0n) is 9.39. The number of carboxylic acid groups (broad SMARTS) is 2. The number of rotatable bonds is 4. The molecule has 9 nitrogen and oxygen atoms in total. The molecule has 0 heterocycles. The average Bonchev–Trinajstić information content (AvgIpc) is 2.26. The number of carboxylic acids is 2. The van der Waals surface area contributed by atoms with Crippen LogP contribution < -0.4 is 22.9 Å². The first-order valence-electron chi connectivity index (χ1n) is 4.33. The van der Waals surface area contributed by atoms with Crippen molar-refractivity contribution in [3.63, 3.8) is 0 Å². The fourth-order valence-electron chi connectivity index (χ4n) is 0.156. The van der Waals surface area contributed by atoms with E-state index in [1.165, 1.54) is 0 Å². The molecule has 0 spiro atoms. The summed E-state index contributed by atoms with van der Waals surface area (Å²) in [6.07, 6.45) is 0. The van der Waals surface area contributed by atoms with Gasteiger partial charge in [-0.1, -0.05) is 0 Å². The van der Waals surface area contributed by atoms with E-state index in [1.54, 1.807) is 0 Å². The number of primary amides is 2. The molecule has 0 radical (unpaired) electrons. The van der Waals surface area contributed by atoms with Crippen molar-refractivity contribution in [1.82, 2.24) is 0 Å². The van der Waals surface area contributed by atoms with Crippen molar-refractivity contribution in [3.8, 4) is 0 Å². The summed E-state index contributed by atoms with van der Waals surface area (Å²) in [5, 5.41) is 16.0. The molecular weight excluding hydrogens is 284 g/mol. The Kier molecular flexibility index (Phi) is 17.0. The van der Waals surface area contributed by atoms with Crippen LogP contribution in [0, 0.1) is 0 Å². The molecule has 18 heavy (non-hydrogen) atoms. The Balaban J connectivity index is -0.000000196. The SMILES string of the molecule is NC(CS)C(=O)O.NC(CS)C(=O)O.NC(N)=O. The molecule has 0 saturated carbocycles. The lowest BCUT2D eigenvalue weighted by molar-refractivity contribution is -0.138. The summed E-state index contributed by atoms with van der Waals surface area (Å²) < 4.78 is 0. The fourth-order valence-corrected chi connectivity index (χ4v) is 0.469. The highest BCUT2D eigenvalue weighted by atomic mass is 32.1. The molecule has 2 atom stereocenters. The summed E-state index contributed by atoms with van der Waals surface area (Å²) in [6.45, 7) is 0. The maximum absolute atomic E-state index is 9.76. The topological polar surface area (TPSA) is 196 Å². The summed E-state index contributed by atoms with van der Waals surface area (Å²) in [7, 11) is 0. The number of urea groups is 1. The lowest BCUT2D eigenvalue weighted by Gasteiger charge is -1.96. The van der Waals surface area contributed by atoms with Gasteiger partial charge in [0.15, 0.2) is 0 Å². The maximum atomic E-state index is 9.76. The lowest BCUT2D eigenvalue weighted by atomic mass is 10.4. The van der Waals surface area contributed by atoms with Gasteiger partial charge in [0, 0.05) is 11.5 Å². The number of carbonyl (C=O) groups is 3. The summed E-state index contributed by atoms with van der Waals surface area (Å²) >= 11 is 7.30. The minimum absolute atomic E-state index is 0.190. The summed E-state index contributed by atoms with van der Waals surface area (Å²) in [5.41, 5.74) is 18.4. The molecular formula is C7H18N4O5S2. The molecule has 0 fully saturated rings. The van der Waals surface area contributed by atoms with Crippen LogP contribution in [0.15, 0.2) is 0 Å². The first kappa shape index (κ1) is 22.0. The number of nitrogens with two attached hydrogens (primary N) is 4. The standard InChI is InChI=1S/2C3H7NO2S.CH4N2O/c2*4-2(1-7)3(5)6;2-1(3)4/h2*2,7H,1,4H2,(H,5,6);(H4,2,3,4). The van der Waals surface area contributed by atoms with Gasteiger partial charge >= 0.3 is 18.0 Å². The van der Waals surface area contributed by atoms with Crippen molar-refractivity contribution in [2.24, 2.45) is 22.9 Å².